The molecule has 1 amide bonds. The summed E-state index contributed by atoms with van der Waals surface area (Å²) in [5.74, 6) is -1.85. The van der Waals surface area contributed by atoms with E-state index in [9.17, 15) is 22.0 Å². The number of rotatable bonds is 9. The average Bonchev–Trinajstić information content (AvgIpc) is 2.32. The van der Waals surface area contributed by atoms with Gasteiger partial charge in [0.25, 0.3) is 0 Å². The van der Waals surface area contributed by atoms with E-state index in [1.54, 1.807) is 0 Å². The number of carbonyl (C=O) groups excluding carboxylic acids is 1. The van der Waals surface area contributed by atoms with Gasteiger partial charge in [0.05, 0.1) is 7.11 Å². The molecular weight excluding hydrogens is 268 g/mol. The summed E-state index contributed by atoms with van der Waals surface area (Å²) >= 11 is 0. The SMILES string of the molecule is CCCCCCCNC(=O)C(F)(F)S(=O)(=O)OC. The van der Waals surface area contributed by atoms with Crippen LogP contribution in [0.5, 0.6) is 0 Å². The molecular formula is C10H19F2NO4S. The zero-order chi connectivity index (χ0) is 14.2. The van der Waals surface area contributed by atoms with Gasteiger partial charge in [0.15, 0.2) is 0 Å². The molecule has 18 heavy (non-hydrogen) atoms. The molecule has 0 atom stereocenters. The van der Waals surface area contributed by atoms with Crippen molar-refractivity contribution in [2.45, 2.75) is 44.3 Å². The Morgan fingerprint density at radius 1 is 1.22 bits per heavy atom. The van der Waals surface area contributed by atoms with Crippen molar-refractivity contribution >= 4 is 16.0 Å². The van der Waals surface area contributed by atoms with E-state index in [0.29, 0.717) is 13.5 Å². The van der Waals surface area contributed by atoms with Crippen LogP contribution < -0.4 is 5.32 Å². The normalized spacial score (nSPS) is 12.4. The van der Waals surface area contributed by atoms with Gasteiger partial charge in [-0.25, -0.2) is 0 Å². The first-order chi connectivity index (χ1) is 8.29. The van der Waals surface area contributed by atoms with Gasteiger partial charge in [-0.05, 0) is 6.42 Å². The van der Waals surface area contributed by atoms with Crippen molar-refractivity contribution < 1.29 is 26.2 Å². The topological polar surface area (TPSA) is 72.5 Å². The Bertz CT molecular complexity index is 357. The monoisotopic (exact) mass is 287 g/mol. The van der Waals surface area contributed by atoms with Crippen LogP contribution in [0.25, 0.3) is 0 Å². The number of alkyl halides is 2. The molecule has 0 aromatic rings. The minimum absolute atomic E-state index is 0.0252. The van der Waals surface area contributed by atoms with Gasteiger partial charge in [-0.3, -0.25) is 8.98 Å². The molecule has 0 aliphatic heterocycles. The zero-order valence-corrected chi connectivity index (χ0v) is 11.4. The lowest BCUT2D eigenvalue weighted by atomic mass is 10.1. The summed E-state index contributed by atoms with van der Waals surface area (Å²) in [6, 6.07) is 0. The molecule has 0 bridgehead atoms. The van der Waals surface area contributed by atoms with E-state index in [1.165, 1.54) is 0 Å². The molecule has 108 valence electrons. The number of unbranched alkanes of at least 4 members (excludes halogenated alkanes) is 4. The van der Waals surface area contributed by atoms with Crippen LogP contribution in [0.1, 0.15) is 39.0 Å². The first kappa shape index (κ1) is 17.2. The van der Waals surface area contributed by atoms with Gasteiger partial charge in [-0.15, -0.1) is 0 Å². The van der Waals surface area contributed by atoms with Crippen molar-refractivity contribution in [1.29, 1.82) is 0 Å². The maximum absolute atomic E-state index is 13.1. The van der Waals surface area contributed by atoms with Crippen LogP contribution in [0, 0.1) is 0 Å². The smallest absolute Gasteiger partial charge is 0.350 e. The van der Waals surface area contributed by atoms with Crippen molar-refractivity contribution in [3.8, 4) is 0 Å². The van der Waals surface area contributed by atoms with Gasteiger partial charge in [0.1, 0.15) is 0 Å². The van der Waals surface area contributed by atoms with E-state index >= 15 is 0 Å². The first-order valence-corrected chi connectivity index (χ1v) is 7.16. The standard InChI is InChI=1S/C10H19F2NO4S/c1-3-4-5-6-7-8-13-9(14)10(11,12)18(15,16)17-2/h3-8H2,1-2H3,(H,13,14). The predicted molar refractivity (Wildman–Crippen MR) is 62.6 cm³/mol. The van der Waals surface area contributed by atoms with Crippen molar-refractivity contribution in [3.05, 3.63) is 0 Å². The summed E-state index contributed by atoms with van der Waals surface area (Å²) in [7, 11) is -4.61. The molecule has 0 aliphatic rings. The lowest BCUT2D eigenvalue weighted by Gasteiger charge is -2.14. The summed E-state index contributed by atoms with van der Waals surface area (Å²) in [6.45, 7) is 2.06. The van der Waals surface area contributed by atoms with E-state index in [4.69, 9.17) is 0 Å². The Morgan fingerprint density at radius 3 is 2.28 bits per heavy atom. The first-order valence-electron chi connectivity index (χ1n) is 5.76. The van der Waals surface area contributed by atoms with Gasteiger partial charge in [-0.1, -0.05) is 32.6 Å². The van der Waals surface area contributed by atoms with Gasteiger partial charge < -0.3 is 5.32 Å². The molecule has 1 N–H and O–H groups in total. The molecule has 0 spiro atoms. The quantitative estimate of drug-likeness (QED) is 0.517. The number of halogens is 2. The average molecular weight is 287 g/mol. The largest absolute Gasteiger partial charge is 0.446 e. The van der Waals surface area contributed by atoms with E-state index in [-0.39, 0.29) is 6.54 Å². The van der Waals surface area contributed by atoms with Crippen LogP contribution in [0.4, 0.5) is 8.78 Å². The highest BCUT2D eigenvalue weighted by atomic mass is 32.2. The minimum Gasteiger partial charge on any atom is -0.350 e. The number of hydrogen-bond acceptors (Lipinski definition) is 4. The molecule has 0 radical (unpaired) electrons. The Hall–Kier alpha value is -0.760. The van der Waals surface area contributed by atoms with Crippen molar-refractivity contribution in [2.75, 3.05) is 13.7 Å². The maximum Gasteiger partial charge on any atom is 0.446 e. The highest BCUT2D eigenvalue weighted by Crippen LogP contribution is 2.22. The van der Waals surface area contributed by atoms with E-state index < -0.39 is 21.3 Å². The second-order valence-electron chi connectivity index (χ2n) is 3.81. The summed E-state index contributed by atoms with van der Waals surface area (Å²) in [5, 5.41) is -2.66. The highest BCUT2D eigenvalue weighted by molar-refractivity contribution is 7.88. The second kappa shape index (κ2) is 7.63. The van der Waals surface area contributed by atoms with Crippen molar-refractivity contribution in [2.24, 2.45) is 0 Å². The van der Waals surface area contributed by atoms with Crippen molar-refractivity contribution in [3.63, 3.8) is 0 Å². The molecule has 0 aromatic heterocycles. The molecule has 0 saturated carbocycles. The third-order valence-electron chi connectivity index (χ3n) is 2.36. The second-order valence-corrected chi connectivity index (χ2v) is 5.56. The van der Waals surface area contributed by atoms with Crippen molar-refractivity contribution in [1.82, 2.24) is 5.32 Å². The van der Waals surface area contributed by atoms with Crippen LogP contribution in [0.15, 0.2) is 0 Å². The van der Waals surface area contributed by atoms with Gasteiger partial charge >= 0.3 is 21.3 Å². The molecule has 0 saturated heterocycles. The Labute approximate surface area is 106 Å². The lowest BCUT2D eigenvalue weighted by Crippen LogP contribution is -2.46. The van der Waals surface area contributed by atoms with E-state index in [1.807, 2.05) is 12.2 Å². The Balaban J connectivity index is 4.10. The van der Waals surface area contributed by atoms with E-state index in [0.717, 1.165) is 25.7 Å². The number of carbonyl (C=O) groups is 1. The van der Waals surface area contributed by atoms with Gasteiger partial charge in [0.2, 0.25) is 0 Å². The summed E-state index contributed by atoms with van der Waals surface area (Å²) in [6.07, 6.45) is 4.39. The minimum atomic E-state index is -5.19. The van der Waals surface area contributed by atoms with Crippen LogP contribution in [0.3, 0.4) is 0 Å². The maximum atomic E-state index is 13.1. The molecule has 5 nitrogen and oxygen atoms in total. The third kappa shape index (κ3) is 4.85. The molecule has 0 unspecified atom stereocenters. The number of nitrogens with one attached hydrogen (secondary N) is 1. The highest BCUT2D eigenvalue weighted by Gasteiger charge is 2.53. The number of amides is 1. The van der Waals surface area contributed by atoms with Crippen LogP contribution in [-0.4, -0.2) is 33.2 Å². The zero-order valence-electron chi connectivity index (χ0n) is 10.5. The molecule has 0 fully saturated rings. The van der Waals surface area contributed by atoms with E-state index in [2.05, 4.69) is 4.18 Å². The van der Waals surface area contributed by atoms with Gasteiger partial charge in [-0.2, -0.15) is 17.2 Å². The lowest BCUT2D eigenvalue weighted by molar-refractivity contribution is -0.136. The summed E-state index contributed by atoms with van der Waals surface area (Å²) < 4.78 is 51.5. The van der Waals surface area contributed by atoms with Crippen LogP contribution >= 0.6 is 0 Å². The summed E-state index contributed by atoms with van der Waals surface area (Å²) in [4.78, 5) is 11.0. The Kier molecular flexibility index (Phi) is 7.30. The Morgan fingerprint density at radius 2 is 1.78 bits per heavy atom. The van der Waals surface area contributed by atoms with Crippen LogP contribution in [-0.2, 0) is 19.1 Å². The van der Waals surface area contributed by atoms with Crippen LogP contribution in [0.2, 0.25) is 0 Å². The van der Waals surface area contributed by atoms with Gasteiger partial charge in [0, 0.05) is 6.54 Å². The number of hydrogen-bond donors (Lipinski definition) is 1. The fourth-order valence-corrected chi connectivity index (χ4v) is 1.76. The summed E-state index contributed by atoms with van der Waals surface area (Å²) in [5.41, 5.74) is 0. The fourth-order valence-electron chi connectivity index (χ4n) is 1.25. The molecule has 0 rings (SSSR count). The molecule has 0 aromatic carbocycles. The molecule has 0 aliphatic carbocycles. The predicted octanol–water partition coefficient (Wildman–Crippen LogP) is 1.64. The molecule has 0 heterocycles. The third-order valence-corrected chi connectivity index (χ3v) is 3.62. The fraction of sp³-hybridized carbons (Fsp3) is 0.900. The molecule has 8 heteroatoms.